The van der Waals surface area contributed by atoms with Crippen molar-refractivity contribution in [3.05, 3.63) is 60.7 Å². The minimum atomic E-state index is -3.41. The first-order valence-corrected chi connectivity index (χ1v) is 21.2. The monoisotopic (exact) mass is 686 g/mol. The molecule has 6 aromatic rings. The van der Waals surface area contributed by atoms with Crippen LogP contribution in [0.25, 0.3) is 54.1 Å². The van der Waals surface area contributed by atoms with Crippen LogP contribution in [0.2, 0.25) is 0 Å². The van der Waals surface area contributed by atoms with Gasteiger partial charge in [-0.2, -0.15) is 0 Å². The SMILES string of the molecule is CCCCCCCCS(=O)(=O)c1cc2ccc3c4ccc5c(ccc6cc(S(=O)(=O)CCCCCCCC)n(C)c65)c4ccc3c2n1C. The zero-order valence-electron chi connectivity index (χ0n) is 29.0. The fourth-order valence-corrected chi connectivity index (χ4v) is 10.9. The number of benzene rings is 4. The molecule has 256 valence electrons. The molecule has 0 fully saturated rings. The molecule has 4 aromatic carbocycles. The predicted molar refractivity (Wildman–Crippen MR) is 203 cm³/mol. The van der Waals surface area contributed by atoms with Crippen LogP contribution in [0, 0.1) is 0 Å². The summed E-state index contributed by atoms with van der Waals surface area (Å²) in [7, 11) is -3.09. The summed E-state index contributed by atoms with van der Waals surface area (Å²) in [6, 6.07) is 20.4. The highest BCUT2D eigenvalue weighted by atomic mass is 32.2. The molecule has 0 radical (unpaired) electrons. The summed E-state index contributed by atoms with van der Waals surface area (Å²) in [6.07, 6.45) is 12.5. The van der Waals surface area contributed by atoms with Gasteiger partial charge in [0.05, 0.1) is 22.5 Å². The Morgan fingerprint density at radius 3 is 1.15 bits per heavy atom. The van der Waals surface area contributed by atoms with E-state index in [2.05, 4.69) is 50.2 Å². The number of aromatic nitrogens is 2. The molecule has 0 bridgehead atoms. The van der Waals surface area contributed by atoms with Crippen molar-refractivity contribution in [2.45, 2.75) is 101 Å². The Kier molecular flexibility index (Phi) is 10.2. The van der Waals surface area contributed by atoms with E-state index in [1.165, 1.54) is 25.7 Å². The second kappa shape index (κ2) is 14.2. The van der Waals surface area contributed by atoms with Crippen LogP contribution in [0.1, 0.15) is 90.9 Å². The maximum absolute atomic E-state index is 13.4. The van der Waals surface area contributed by atoms with Crippen LogP contribution in [-0.4, -0.2) is 37.5 Å². The molecule has 0 atom stereocenters. The summed E-state index contributed by atoms with van der Waals surface area (Å²) < 4.78 is 57.5. The molecule has 0 aliphatic heterocycles. The van der Waals surface area contributed by atoms with E-state index in [0.29, 0.717) is 22.9 Å². The summed E-state index contributed by atoms with van der Waals surface area (Å²) in [5, 5.41) is 8.95. The Labute approximate surface area is 285 Å². The summed E-state index contributed by atoms with van der Waals surface area (Å²) in [5.74, 6) is 0.345. The van der Waals surface area contributed by atoms with Crippen molar-refractivity contribution in [1.29, 1.82) is 0 Å². The van der Waals surface area contributed by atoms with E-state index < -0.39 is 19.7 Å². The summed E-state index contributed by atoms with van der Waals surface area (Å²) >= 11 is 0. The van der Waals surface area contributed by atoms with E-state index in [1.807, 2.05) is 47.5 Å². The Morgan fingerprint density at radius 2 is 0.750 bits per heavy atom. The van der Waals surface area contributed by atoms with Crippen molar-refractivity contribution >= 4 is 73.8 Å². The van der Waals surface area contributed by atoms with E-state index >= 15 is 0 Å². The van der Waals surface area contributed by atoms with Gasteiger partial charge in [-0.1, -0.05) is 127 Å². The zero-order chi connectivity index (χ0) is 34.1. The third kappa shape index (κ3) is 6.50. The largest absolute Gasteiger partial charge is 0.334 e. The van der Waals surface area contributed by atoms with Gasteiger partial charge in [0.1, 0.15) is 10.1 Å². The van der Waals surface area contributed by atoms with Crippen LogP contribution < -0.4 is 0 Å². The van der Waals surface area contributed by atoms with Crippen LogP contribution in [0.4, 0.5) is 0 Å². The zero-order valence-corrected chi connectivity index (χ0v) is 30.6. The molecule has 8 heteroatoms. The van der Waals surface area contributed by atoms with Gasteiger partial charge in [-0.25, -0.2) is 16.8 Å². The lowest BCUT2D eigenvalue weighted by molar-refractivity contribution is 0.575. The molecule has 2 heterocycles. The molecule has 0 amide bonds. The molecule has 0 unspecified atom stereocenters. The van der Waals surface area contributed by atoms with E-state index in [1.54, 1.807) is 0 Å². The van der Waals surface area contributed by atoms with Gasteiger partial charge >= 0.3 is 0 Å². The van der Waals surface area contributed by atoms with Crippen molar-refractivity contribution in [2.75, 3.05) is 11.5 Å². The standard InChI is InChI=1S/C40H50N2O4S2/c1-5-7-9-11-13-15-25-47(43,44)37-27-29-17-19-33-31-22-24-36-34(32(31)21-23-35(33)39(29)41(37)3)20-18-30-28-38(42(4)40(30)36)48(45,46)26-16-14-12-10-8-6-2/h17-24,27-28H,5-16,25-26H2,1-4H3. The molecule has 6 rings (SSSR count). The molecule has 0 N–H and O–H groups in total. The molecule has 0 saturated carbocycles. The number of fused-ring (bicyclic) bond motifs is 9. The second-order valence-electron chi connectivity index (χ2n) is 13.7. The molecule has 48 heavy (non-hydrogen) atoms. The third-order valence-electron chi connectivity index (χ3n) is 10.3. The smallest absolute Gasteiger partial charge is 0.193 e. The Hall–Kier alpha value is -3.36. The summed E-state index contributed by atoms with van der Waals surface area (Å²) in [5.41, 5.74) is 1.85. The predicted octanol–water partition coefficient (Wildman–Crippen LogP) is 10.4. The first-order chi connectivity index (χ1) is 23.1. The van der Waals surface area contributed by atoms with Gasteiger partial charge in [-0.3, -0.25) is 0 Å². The van der Waals surface area contributed by atoms with Gasteiger partial charge in [0.25, 0.3) is 0 Å². The van der Waals surface area contributed by atoms with Crippen LogP contribution >= 0.6 is 0 Å². The van der Waals surface area contributed by atoms with Gasteiger partial charge in [0, 0.05) is 35.6 Å². The van der Waals surface area contributed by atoms with Crippen LogP contribution in [0.3, 0.4) is 0 Å². The minimum absolute atomic E-state index is 0.172. The number of nitrogens with zero attached hydrogens (tertiary/aromatic N) is 2. The molecular weight excluding hydrogens is 637 g/mol. The highest BCUT2D eigenvalue weighted by Gasteiger charge is 2.23. The lowest BCUT2D eigenvalue weighted by Gasteiger charge is -2.12. The number of hydrogen-bond acceptors (Lipinski definition) is 4. The third-order valence-corrected chi connectivity index (χ3v) is 14.0. The fourth-order valence-electron chi connectivity index (χ4n) is 7.65. The molecule has 2 aromatic heterocycles. The van der Waals surface area contributed by atoms with E-state index in [-0.39, 0.29) is 11.5 Å². The van der Waals surface area contributed by atoms with Gasteiger partial charge in [-0.15, -0.1) is 0 Å². The molecular formula is C40H50N2O4S2. The van der Waals surface area contributed by atoms with Crippen LogP contribution in [0.5, 0.6) is 0 Å². The highest BCUT2D eigenvalue weighted by Crippen LogP contribution is 2.39. The number of aryl methyl sites for hydroxylation is 2. The van der Waals surface area contributed by atoms with E-state index in [4.69, 9.17) is 0 Å². The number of unbranched alkanes of at least 4 members (excludes halogenated alkanes) is 10. The first kappa shape index (κ1) is 34.5. The van der Waals surface area contributed by atoms with Gasteiger partial charge < -0.3 is 9.13 Å². The average Bonchev–Trinajstić information content (AvgIpc) is 3.61. The molecule has 0 aliphatic carbocycles. The highest BCUT2D eigenvalue weighted by molar-refractivity contribution is 7.91. The molecule has 0 aliphatic rings. The van der Waals surface area contributed by atoms with Crippen LogP contribution in [-0.2, 0) is 33.8 Å². The second-order valence-corrected chi connectivity index (χ2v) is 17.8. The fraction of sp³-hybridized carbons (Fsp3) is 0.450. The molecule has 6 nitrogen and oxygen atoms in total. The topological polar surface area (TPSA) is 78.1 Å². The molecule has 0 saturated heterocycles. The van der Waals surface area contributed by atoms with Crippen molar-refractivity contribution in [2.24, 2.45) is 14.1 Å². The van der Waals surface area contributed by atoms with Gasteiger partial charge in [0.2, 0.25) is 0 Å². The normalized spacial score (nSPS) is 12.8. The van der Waals surface area contributed by atoms with Crippen molar-refractivity contribution in [1.82, 2.24) is 9.13 Å². The number of rotatable bonds is 16. The summed E-state index contributed by atoms with van der Waals surface area (Å²) in [4.78, 5) is 0. The average molecular weight is 687 g/mol. The lowest BCUT2D eigenvalue weighted by Crippen LogP contribution is -2.11. The van der Waals surface area contributed by atoms with E-state index in [0.717, 1.165) is 92.6 Å². The van der Waals surface area contributed by atoms with Crippen LogP contribution in [0.15, 0.2) is 70.7 Å². The first-order valence-electron chi connectivity index (χ1n) is 17.9. The van der Waals surface area contributed by atoms with Gasteiger partial charge in [-0.05, 0) is 46.5 Å². The Balaban J connectivity index is 1.35. The number of hydrogen-bond donors (Lipinski definition) is 0. The van der Waals surface area contributed by atoms with E-state index in [9.17, 15) is 16.8 Å². The molecule has 0 spiro atoms. The van der Waals surface area contributed by atoms with Crippen molar-refractivity contribution in [3.8, 4) is 0 Å². The lowest BCUT2D eigenvalue weighted by atomic mass is 9.95. The van der Waals surface area contributed by atoms with Crippen molar-refractivity contribution < 1.29 is 16.8 Å². The summed E-state index contributed by atoms with van der Waals surface area (Å²) in [6.45, 7) is 4.37. The van der Waals surface area contributed by atoms with Crippen molar-refractivity contribution in [3.63, 3.8) is 0 Å². The van der Waals surface area contributed by atoms with Gasteiger partial charge in [0.15, 0.2) is 19.7 Å². The Morgan fingerprint density at radius 1 is 0.438 bits per heavy atom. The maximum atomic E-state index is 13.4. The number of sulfone groups is 2. The minimum Gasteiger partial charge on any atom is -0.334 e. The Bertz CT molecular complexity index is 2160. The maximum Gasteiger partial charge on any atom is 0.193 e. The quantitative estimate of drug-likeness (QED) is 0.0750.